The summed E-state index contributed by atoms with van der Waals surface area (Å²) in [5, 5.41) is 0. The van der Waals surface area contributed by atoms with Gasteiger partial charge in [0, 0.05) is 12.3 Å². The fourth-order valence-electron chi connectivity index (χ4n) is 3.14. The monoisotopic (exact) mass is 194 g/mol. The molecule has 0 saturated heterocycles. The molecule has 2 atom stereocenters. The largest absolute Gasteiger partial charge is 0.299 e. The SMILES string of the molecule is CC1CC(C)CC(CC(=O)C2CC2)C1. The third-order valence-electron chi connectivity index (χ3n) is 3.80. The Morgan fingerprint density at radius 1 is 1.07 bits per heavy atom. The maximum Gasteiger partial charge on any atom is 0.136 e. The van der Waals surface area contributed by atoms with Gasteiger partial charge in [-0.15, -0.1) is 0 Å². The van der Waals surface area contributed by atoms with Crippen LogP contribution in [0.1, 0.15) is 52.4 Å². The van der Waals surface area contributed by atoms with Crippen LogP contribution < -0.4 is 0 Å². The summed E-state index contributed by atoms with van der Waals surface area (Å²) in [4.78, 5) is 11.7. The second kappa shape index (κ2) is 4.04. The summed E-state index contributed by atoms with van der Waals surface area (Å²) >= 11 is 0. The Balaban J connectivity index is 1.81. The fourth-order valence-corrected chi connectivity index (χ4v) is 3.14. The normalized spacial score (nSPS) is 38.3. The molecule has 14 heavy (non-hydrogen) atoms. The first-order valence-corrected chi connectivity index (χ1v) is 6.18. The maximum atomic E-state index is 11.7. The Bertz CT molecular complexity index is 207. The van der Waals surface area contributed by atoms with Crippen LogP contribution in [0.5, 0.6) is 0 Å². The number of rotatable bonds is 3. The van der Waals surface area contributed by atoms with Crippen LogP contribution in [-0.2, 0) is 4.79 Å². The predicted octanol–water partition coefficient (Wildman–Crippen LogP) is 3.43. The van der Waals surface area contributed by atoms with E-state index in [-0.39, 0.29) is 0 Å². The molecule has 0 heterocycles. The van der Waals surface area contributed by atoms with Gasteiger partial charge in [0.05, 0.1) is 0 Å². The topological polar surface area (TPSA) is 17.1 Å². The Hall–Kier alpha value is -0.330. The van der Waals surface area contributed by atoms with Crippen molar-refractivity contribution in [3.8, 4) is 0 Å². The molecule has 2 unspecified atom stereocenters. The van der Waals surface area contributed by atoms with Crippen molar-refractivity contribution in [1.29, 1.82) is 0 Å². The summed E-state index contributed by atoms with van der Waals surface area (Å²) in [5.41, 5.74) is 0. The third-order valence-corrected chi connectivity index (χ3v) is 3.80. The average molecular weight is 194 g/mol. The van der Waals surface area contributed by atoms with E-state index in [9.17, 15) is 4.79 Å². The Kier molecular flexibility index (Phi) is 2.94. The summed E-state index contributed by atoms with van der Waals surface area (Å²) in [6, 6.07) is 0. The van der Waals surface area contributed by atoms with Gasteiger partial charge < -0.3 is 0 Å². The van der Waals surface area contributed by atoms with Gasteiger partial charge in [0.2, 0.25) is 0 Å². The maximum absolute atomic E-state index is 11.7. The van der Waals surface area contributed by atoms with Crippen LogP contribution in [0.3, 0.4) is 0 Å². The summed E-state index contributed by atoms with van der Waals surface area (Å²) in [6.07, 6.45) is 7.20. The standard InChI is InChI=1S/C13H22O/c1-9-5-10(2)7-11(6-9)8-13(14)12-3-4-12/h9-12H,3-8H2,1-2H3. The summed E-state index contributed by atoms with van der Waals surface area (Å²) in [6.45, 7) is 4.68. The molecule has 80 valence electrons. The zero-order valence-corrected chi connectivity index (χ0v) is 9.46. The Labute approximate surface area is 87.3 Å². The molecule has 0 aromatic carbocycles. The van der Waals surface area contributed by atoms with Crippen molar-refractivity contribution in [1.82, 2.24) is 0 Å². The van der Waals surface area contributed by atoms with Crippen molar-refractivity contribution in [3.63, 3.8) is 0 Å². The van der Waals surface area contributed by atoms with Crippen LogP contribution in [0.25, 0.3) is 0 Å². The number of hydrogen-bond donors (Lipinski definition) is 0. The first-order valence-electron chi connectivity index (χ1n) is 6.18. The van der Waals surface area contributed by atoms with E-state index in [1.54, 1.807) is 0 Å². The van der Waals surface area contributed by atoms with E-state index >= 15 is 0 Å². The molecule has 0 amide bonds. The van der Waals surface area contributed by atoms with E-state index in [2.05, 4.69) is 13.8 Å². The van der Waals surface area contributed by atoms with Gasteiger partial charge in [-0.1, -0.05) is 13.8 Å². The van der Waals surface area contributed by atoms with Gasteiger partial charge in [-0.05, 0) is 49.9 Å². The second-order valence-corrected chi connectivity index (χ2v) is 5.73. The molecule has 2 aliphatic carbocycles. The highest BCUT2D eigenvalue weighted by molar-refractivity contribution is 5.83. The molecule has 1 heteroatoms. The van der Waals surface area contributed by atoms with E-state index in [1.165, 1.54) is 32.1 Å². The highest BCUT2D eigenvalue weighted by Crippen LogP contribution is 2.38. The van der Waals surface area contributed by atoms with E-state index in [0.29, 0.717) is 17.6 Å². The van der Waals surface area contributed by atoms with E-state index in [0.717, 1.165) is 18.3 Å². The summed E-state index contributed by atoms with van der Waals surface area (Å²) in [5.74, 6) is 3.44. The number of hydrogen-bond acceptors (Lipinski definition) is 1. The van der Waals surface area contributed by atoms with Crippen LogP contribution in [0, 0.1) is 23.7 Å². The number of carbonyl (C=O) groups is 1. The highest BCUT2D eigenvalue weighted by Gasteiger charge is 2.32. The molecular weight excluding hydrogens is 172 g/mol. The van der Waals surface area contributed by atoms with Crippen molar-refractivity contribution in [2.45, 2.75) is 52.4 Å². The average Bonchev–Trinajstić information content (AvgIpc) is 2.82. The molecule has 0 aromatic rings. The molecule has 2 fully saturated rings. The molecule has 1 nitrogen and oxygen atoms in total. The van der Waals surface area contributed by atoms with Crippen LogP contribution in [0.15, 0.2) is 0 Å². The van der Waals surface area contributed by atoms with Crippen molar-refractivity contribution >= 4 is 5.78 Å². The van der Waals surface area contributed by atoms with Gasteiger partial charge in [-0.2, -0.15) is 0 Å². The first-order chi connectivity index (χ1) is 6.65. The summed E-state index contributed by atoms with van der Waals surface area (Å²) < 4.78 is 0. The minimum Gasteiger partial charge on any atom is -0.299 e. The van der Waals surface area contributed by atoms with Crippen molar-refractivity contribution < 1.29 is 4.79 Å². The van der Waals surface area contributed by atoms with Crippen molar-refractivity contribution in [2.24, 2.45) is 23.7 Å². The molecule has 0 bridgehead atoms. The molecule has 2 saturated carbocycles. The zero-order valence-electron chi connectivity index (χ0n) is 9.46. The van der Waals surface area contributed by atoms with Gasteiger partial charge in [0.1, 0.15) is 5.78 Å². The van der Waals surface area contributed by atoms with Crippen LogP contribution in [0.4, 0.5) is 0 Å². The minimum absolute atomic E-state index is 0.475. The lowest BCUT2D eigenvalue weighted by Gasteiger charge is -2.31. The lowest BCUT2D eigenvalue weighted by Crippen LogP contribution is -2.22. The van der Waals surface area contributed by atoms with Crippen LogP contribution in [0.2, 0.25) is 0 Å². The molecule has 0 spiro atoms. The predicted molar refractivity (Wildman–Crippen MR) is 58.0 cm³/mol. The van der Waals surface area contributed by atoms with E-state index in [4.69, 9.17) is 0 Å². The van der Waals surface area contributed by atoms with Gasteiger partial charge in [-0.3, -0.25) is 4.79 Å². The molecular formula is C13H22O. The number of ketones is 1. The lowest BCUT2D eigenvalue weighted by molar-refractivity contribution is -0.121. The van der Waals surface area contributed by atoms with E-state index < -0.39 is 0 Å². The molecule has 0 aromatic heterocycles. The van der Waals surface area contributed by atoms with Crippen molar-refractivity contribution in [2.75, 3.05) is 0 Å². The third kappa shape index (κ3) is 2.59. The van der Waals surface area contributed by atoms with Crippen LogP contribution >= 0.6 is 0 Å². The summed E-state index contributed by atoms with van der Waals surface area (Å²) in [7, 11) is 0. The quantitative estimate of drug-likeness (QED) is 0.672. The van der Waals surface area contributed by atoms with Gasteiger partial charge in [0.15, 0.2) is 0 Å². The van der Waals surface area contributed by atoms with Crippen LogP contribution in [-0.4, -0.2) is 5.78 Å². The first kappa shape index (κ1) is 10.2. The molecule has 0 radical (unpaired) electrons. The molecule has 2 aliphatic rings. The Morgan fingerprint density at radius 2 is 1.64 bits per heavy atom. The van der Waals surface area contributed by atoms with Gasteiger partial charge >= 0.3 is 0 Å². The number of carbonyl (C=O) groups excluding carboxylic acids is 1. The zero-order chi connectivity index (χ0) is 10.1. The number of Topliss-reactive ketones (excluding diaryl/α,β-unsaturated/α-hetero) is 1. The Morgan fingerprint density at radius 3 is 2.14 bits per heavy atom. The highest BCUT2D eigenvalue weighted by atomic mass is 16.1. The molecule has 2 rings (SSSR count). The molecule has 0 N–H and O–H groups in total. The minimum atomic E-state index is 0.475. The van der Waals surface area contributed by atoms with Crippen molar-refractivity contribution in [3.05, 3.63) is 0 Å². The second-order valence-electron chi connectivity index (χ2n) is 5.73. The molecule has 0 aliphatic heterocycles. The fraction of sp³-hybridized carbons (Fsp3) is 0.923. The van der Waals surface area contributed by atoms with E-state index in [1.807, 2.05) is 0 Å². The lowest BCUT2D eigenvalue weighted by atomic mass is 9.75. The van der Waals surface area contributed by atoms with Gasteiger partial charge in [-0.25, -0.2) is 0 Å². The van der Waals surface area contributed by atoms with Gasteiger partial charge in [0.25, 0.3) is 0 Å². The smallest absolute Gasteiger partial charge is 0.136 e.